The van der Waals surface area contributed by atoms with Crippen LogP contribution in [0.3, 0.4) is 0 Å². The van der Waals surface area contributed by atoms with Gasteiger partial charge in [-0.25, -0.2) is 4.98 Å². The van der Waals surface area contributed by atoms with Crippen LogP contribution in [0.4, 0.5) is 17.2 Å². The molecule has 0 radical (unpaired) electrons. The van der Waals surface area contributed by atoms with Gasteiger partial charge in [0.25, 0.3) is 0 Å². The Morgan fingerprint density at radius 2 is 1.77 bits per heavy atom. The third kappa shape index (κ3) is 4.08. The molecule has 3 saturated heterocycles. The van der Waals surface area contributed by atoms with E-state index in [9.17, 15) is 4.79 Å². The summed E-state index contributed by atoms with van der Waals surface area (Å²) in [6.45, 7) is 7.22. The van der Waals surface area contributed by atoms with Crippen LogP contribution in [0.2, 0.25) is 0 Å². The van der Waals surface area contributed by atoms with Gasteiger partial charge >= 0.3 is 0 Å². The third-order valence-corrected chi connectivity index (χ3v) is 6.08. The molecule has 1 atom stereocenters. The smallest absolute Gasteiger partial charge is 0.241 e. The Kier molecular flexibility index (Phi) is 5.70. The summed E-state index contributed by atoms with van der Waals surface area (Å²) in [5, 5.41) is 7.35. The van der Waals surface area contributed by atoms with Gasteiger partial charge in [-0.05, 0) is 43.7 Å². The van der Waals surface area contributed by atoms with Crippen LogP contribution in [0.25, 0.3) is 10.9 Å². The van der Waals surface area contributed by atoms with Crippen molar-refractivity contribution in [3.8, 4) is 0 Å². The fraction of sp³-hybridized carbons (Fsp3) is 0.545. The molecule has 1 aromatic heterocycles. The van der Waals surface area contributed by atoms with E-state index in [1.54, 1.807) is 0 Å². The van der Waals surface area contributed by atoms with E-state index in [0.717, 1.165) is 100 Å². The number of pyridine rings is 1. The quantitative estimate of drug-likeness (QED) is 0.791. The van der Waals surface area contributed by atoms with Crippen LogP contribution in [0.5, 0.6) is 0 Å². The predicted octanol–water partition coefficient (Wildman–Crippen LogP) is 1.60. The van der Waals surface area contributed by atoms with Gasteiger partial charge in [-0.15, -0.1) is 0 Å². The first-order valence-corrected chi connectivity index (χ1v) is 10.9. The summed E-state index contributed by atoms with van der Waals surface area (Å²) in [5.41, 5.74) is 2.88. The molecule has 160 valence electrons. The second-order valence-corrected chi connectivity index (χ2v) is 8.08. The van der Waals surface area contributed by atoms with Crippen molar-refractivity contribution in [3.63, 3.8) is 0 Å². The Labute approximate surface area is 176 Å². The molecular weight excluding hydrogens is 382 g/mol. The molecule has 2 aromatic rings. The number of anilines is 3. The van der Waals surface area contributed by atoms with Crippen LogP contribution in [-0.2, 0) is 14.3 Å². The van der Waals surface area contributed by atoms with Crippen LogP contribution in [-0.4, -0.2) is 76.1 Å². The summed E-state index contributed by atoms with van der Waals surface area (Å²) < 4.78 is 11.1. The van der Waals surface area contributed by atoms with E-state index in [-0.39, 0.29) is 11.9 Å². The molecule has 5 rings (SSSR count). The van der Waals surface area contributed by atoms with Crippen molar-refractivity contribution >= 4 is 34.0 Å². The topological polar surface area (TPSA) is 79.0 Å². The molecule has 3 aliphatic rings. The van der Waals surface area contributed by atoms with Crippen molar-refractivity contribution in [2.24, 2.45) is 0 Å². The van der Waals surface area contributed by atoms with E-state index < -0.39 is 0 Å². The maximum atomic E-state index is 12.5. The van der Waals surface area contributed by atoms with Crippen molar-refractivity contribution in [2.45, 2.75) is 18.9 Å². The number of benzene rings is 1. The number of fused-ring (bicyclic) bond motifs is 1. The van der Waals surface area contributed by atoms with E-state index in [1.807, 2.05) is 18.2 Å². The van der Waals surface area contributed by atoms with Crippen molar-refractivity contribution < 1.29 is 14.3 Å². The minimum atomic E-state index is -0.0913. The second kappa shape index (κ2) is 8.75. The Morgan fingerprint density at radius 3 is 2.47 bits per heavy atom. The summed E-state index contributed by atoms with van der Waals surface area (Å²) in [6, 6.07) is 8.09. The molecule has 30 heavy (non-hydrogen) atoms. The lowest BCUT2D eigenvalue weighted by atomic mass is 10.1. The molecule has 3 fully saturated rings. The number of nitrogens with one attached hydrogen (secondary N) is 2. The van der Waals surface area contributed by atoms with Gasteiger partial charge < -0.3 is 29.9 Å². The standard InChI is InChI=1S/C22H29N5O3/c28-22(19-2-1-5-23-19)24-17-3-4-18-16(14-17)15-20(26-6-10-29-11-7-26)21(25-18)27-8-12-30-13-9-27/h3-4,14-15,19,23H,1-2,5-13H2,(H,24,28)/t19-/m0/s1. The lowest BCUT2D eigenvalue weighted by molar-refractivity contribution is -0.117. The van der Waals surface area contributed by atoms with E-state index in [0.29, 0.717) is 0 Å². The van der Waals surface area contributed by atoms with Gasteiger partial charge in [0, 0.05) is 37.3 Å². The van der Waals surface area contributed by atoms with Crippen molar-refractivity contribution in [1.29, 1.82) is 0 Å². The van der Waals surface area contributed by atoms with Crippen LogP contribution < -0.4 is 20.4 Å². The Balaban J connectivity index is 1.47. The maximum Gasteiger partial charge on any atom is 0.241 e. The molecule has 3 aliphatic heterocycles. The first kappa shape index (κ1) is 19.5. The Bertz CT molecular complexity index is 903. The van der Waals surface area contributed by atoms with Crippen LogP contribution in [0.15, 0.2) is 24.3 Å². The highest BCUT2D eigenvalue weighted by atomic mass is 16.5. The minimum Gasteiger partial charge on any atom is -0.378 e. The summed E-state index contributed by atoms with van der Waals surface area (Å²) in [7, 11) is 0. The lowest BCUT2D eigenvalue weighted by Crippen LogP contribution is -2.40. The molecule has 1 aromatic carbocycles. The number of carbonyl (C=O) groups excluding carboxylic acids is 1. The van der Waals surface area contributed by atoms with Crippen LogP contribution in [0, 0.1) is 0 Å². The second-order valence-electron chi connectivity index (χ2n) is 8.08. The number of aromatic nitrogens is 1. The number of carbonyl (C=O) groups is 1. The number of ether oxygens (including phenoxy) is 2. The molecule has 2 N–H and O–H groups in total. The molecule has 1 amide bonds. The Hall–Kier alpha value is -2.42. The van der Waals surface area contributed by atoms with E-state index >= 15 is 0 Å². The number of morpholine rings is 2. The summed E-state index contributed by atoms with van der Waals surface area (Å²) in [6.07, 6.45) is 1.94. The first-order chi connectivity index (χ1) is 14.8. The van der Waals surface area contributed by atoms with Gasteiger partial charge in [0.15, 0.2) is 5.82 Å². The molecule has 8 nitrogen and oxygen atoms in total. The zero-order valence-electron chi connectivity index (χ0n) is 17.2. The number of hydrogen-bond donors (Lipinski definition) is 2. The fourth-order valence-corrected chi connectivity index (χ4v) is 4.42. The lowest BCUT2D eigenvalue weighted by Gasteiger charge is -2.35. The van der Waals surface area contributed by atoms with Gasteiger partial charge in [0.1, 0.15) is 0 Å². The van der Waals surface area contributed by atoms with E-state index in [1.165, 1.54) is 0 Å². The van der Waals surface area contributed by atoms with Gasteiger partial charge in [-0.2, -0.15) is 0 Å². The largest absolute Gasteiger partial charge is 0.378 e. The summed E-state index contributed by atoms with van der Waals surface area (Å²) in [5.74, 6) is 1.05. The van der Waals surface area contributed by atoms with Crippen molar-refractivity contribution in [1.82, 2.24) is 10.3 Å². The van der Waals surface area contributed by atoms with Gasteiger partial charge in [0.05, 0.1) is 43.7 Å². The predicted molar refractivity (Wildman–Crippen MR) is 117 cm³/mol. The van der Waals surface area contributed by atoms with Crippen molar-refractivity contribution in [2.75, 3.05) is 74.3 Å². The minimum absolute atomic E-state index is 0.0400. The highest BCUT2D eigenvalue weighted by Crippen LogP contribution is 2.33. The fourth-order valence-electron chi connectivity index (χ4n) is 4.42. The maximum absolute atomic E-state index is 12.5. The summed E-state index contributed by atoms with van der Waals surface area (Å²) >= 11 is 0. The molecule has 8 heteroatoms. The molecular formula is C22H29N5O3. The van der Waals surface area contributed by atoms with Crippen LogP contribution >= 0.6 is 0 Å². The number of rotatable bonds is 4. The van der Waals surface area contributed by atoms with Crippen LogP contribution in [0.1, 0.15) is 12.8 Å². The highest BCUT2D eigenvalue weighted by Gasteiger charge is 2.24. The zero-order chi connectivity index (χ0) is 20.3. The molecule has 0 spiro atoms. The van der Waals surface area contributed by atoms with E-state index in [4.69, 9.17) is 14.5 Å². The highest BCUT2D eigenvalue weighted by molar-refractivity contribution is 5.98. The molecule has 0 aliphatic carbocycles. The monoisotopic (exact) mass is 411 g/mol. The molecule has 0 bridgehead atoms. The van der Waals surface area contributed by atoms with Crippen molar-refractivity contribution in [3.05, 3.63) is 24.3 Å². The zero-order valence-corrected chi connectivity index (χ0v) is 17.2. The Morgan fingerprint density at radius 1 is 1.03 bits per heavy atom. The average Bonchev–Trinajstić information content (AvgIpc) is 3.35. The normalized spacial score (nSPS) is 22.5. The van der Waals surface area contributed by atoms with Gasteiger partial charge in [-0.1, -0.05) is 0 Å². The van der Waals surface area contributed by atoms with E-state index in [2.05, 4.69) is 26.5 Å². The number of nitrogens with zero attached hydrogens (tertiary/aromatic N) is 3. The van der Waals surface area contributed by atoms with Gasteiger partial charge in [0.2, 0.25) is 5.91 Å². The number of hydrogen-bond acceptors (Lipinski definition) is 7. The molecule has 0 unspecified atom stereocenters. The third-order valence-electron chi connectivity index (χ3n) is 6.08. The summed E-state index contributed by atoms with van der Waals surface area (Å²) in [4.78, 5) is 22.2. The number of amides is 1. The first-order valence-electron chi connectivity index (χ1n) is 10.9. The average molecular weight is 412 g/mol. The molecule has 0 saturated carbocycles. The molecule has 4 heterocycles. The SMILES string of the molecule is O=C(Nc1ccc2nc(N3CCOCC3)c(N3CCOCC3)cc2c1)[C@@H]1CCCN1. The van der Waals surface area contributed by atoms with Gasteiger partial charge in [-0.3, -0.25) is 4.79 Å².